The molecule has 80 valence electrons. The monoisotopic (exact) mass is 231 g/mol. The second-order valence-corrected chi connectivity index (χ2v) is 2.93. The Labute approximate surface area is 88.7 Å². The van der Waals surface area contributed by atoms with Crippen molar-refractivity contribution in [1.82, 2.24) is 9.78 Å². The predicted molar refractivity (Wildman–Crippen MR) is 50.7 cm³/mol. The molecule has 0 aliphatic carbocycles. The number of rotatable bonds is 4. The first kappa shape index (κ1) is 11.2. The summed E-state index contributed by atoms with van der Waals surface area (Å²) >= 11 is 5.52. The van der Waals surface area contributed by atoms with Crippen LogP contribution in [-0.4, -0.2) is 25.8 Å². The Hall–Kier alpha value is -1.89. The molecule has 1 aromatic rings. The molecule has 0 amide bonds. The molecule has 0 bridgehead atoms. The summed E-state index contributed by atoms with van der Waals surface area (Å²) in [5.74, 6) is -1.54. The molecule has 0 saturated carbocycles. The van der Waals surface area contributed by atoms with Crippen LogP contribution in [0.4, 0.5) is 5.82 Å². The van der Waals surface area contributed by atoms with Crippen molar-refractivity contribution in [3.05, 3.63) is 33.5 Å². The molecule has 0 saturated heterocycles. The number of aliphatic carboxylic acids is 1. The van der Waals surface area contributed by atoms with Gasteiger partial charge < -0.3 is 15.2 Å². The number of halogens is 1. The Balaban J connectivity index is 2.76. The summed E-state index contributed by atoms with van der Waals surface area (Å²) in [6, 6.07) is 0. The summed E-state index contributed by atoms with van der Waals surface area (Å²) in [6.45, 7) is 0.111. The number of allylic oxidation sites excluding steroid dienone is 1. The van der Waals surface area contributed by atoms with Crippen molar-refractivity contribution in [1.29, 1.82) is 0 Å². The SMILES string of the molecule is O=C(O)/C=C/Cn1cc(Cl)c([N+](=O)[O-])n1. The molecule has 1 rings (SSSR count). The van der Waals surface area contributed by atoms with Crippen LogP contribution in [-0.2, 0) is 11.3 Å². The lowest BCUT2D eigenvalue weighted by Gasteiger charge is -1.86. The van der Waals surface area contributed by atoms with Crippen molar-refractivity contribution in [3.8, 4) is 0 Å². The maximum Gasteiger partial charge on any atom is 0.408 e. The highest BCUT2D eigenvalue weighted by Crippen LogP contribution is 2.20. The van der Waals surface area contributed by atoms with Gasteiger partial charge in [-0.3, -0.25) is 0 Å². The van der Waals surface area contributed by atoms with Crippen LogP contribution in [0.2, 0.25) is 5.02 Å². The lowest BCUT2D eigenvalue weighted by Crippen LogP contribution is -1.98. The van der Waals surface area contributed by atoms with Gasteiger partial charge in [-0.1, -0.05) is 17.7 Å². The van der Waals surface area contributed by atoms with E-state index in [2.05, 4.69) is 5.10 Å². The average Bonchev–Trinajstić information content (AvgIpc) is 2.46. The smallest absolute Gasteiger partial charge is 0.408 e. The van der Waals surface area contributed by atoms with E-state index in [-0.39, 0.29) is 11.6 Å². The third kappa shape index (κ3) is 3.06. The van der Waals surface area contributed by atoms with E-state index in [1.165, 1.54) is 17.0 Å². The molecule has 0 radical (unpaired) electrons. The van der Waals surface area contributed by atoms with Gasteiger partial charge in [-0.15, -0.1) is 0 Å². The van der Waals surface area contributed by atoms with Gasteiger partial charge in [0.15, 0.2) is 5.02 Å². The highest BCUT2D eigenvalue weighted by molar-refractivity contribution is 6.32. The molecule has 0 unspecified atom stereocenters. The number of carbonyl (C=O) groups is 1. The quantitative estimate of drug-likeness (QED) is 0.475. The average molecular weight is 232 g/mol. The highest BCUT2D eigenvalue weighted by Gasteiger charge is 2.17. The topological polar surface area (TPSA) is 98.3 Å². The Kier molecular flexibility index (Phi) is 3.40. The summed E-state index contributed by atoms with van der Waals surface area (Å²) in [5, 5.41) is 22.1. The lowest BCUT2D eigenvalue weighted by molar-refractivity contribution is -0.389. The van der Waals surface area contributed by atoms with Crippen molar-refractivity contribution in [2.24, 2.45) is 0 Å². The van der Waals surface area contributed by atoms with E-state index in [9.17, 15) is 14.9 Å². The fourth-order valence-corrected chi connectivity index (χ4v) is 1.09. The minimum atomic E-state index is -1.09. The highest BCUT2D eigenvalue weighted by atomic mass is 35.5. The summed E-state index contributed by atoms with van der Waals surface area (Å²) in [5.41, 5.74) is 0. The molecule has 7 nitrogen and oxygen atoms in total. The molecule has 0 aliphatic heterocycles. The van der Waals surface area contributed by atoms with Crippen molar-refractivity contribution in [2.75, 3.05) is 0 Å². The van der Waals surface area contributed by atoms with Crippen LogP contribution in [0.5, 0.6) is 0 Å². The van der Waals surface area contributed by atoms with E-state index in [4.69, 9.17) is 16.7 Å². The zero-order chi connectivity index (χ0) is 11.4. The van der Waals surface area contributed by atoms with E-state index < -0.39 is 16.7 Å². The van der Waals surface area contributed by atoms with Gasteiger partial charge in [-0.2, -0.15) is 4.68 Å². The maximum atomic E-state index is 10.4. The number of carboxylic acids is 1. The van der Waals surface area contributed by atoms with Crippen LogP contribution in [0.1, 0.15) is 0 Å². The second kappa shape index (κ2) is 4.56. The van der Waals surface area contributed by atoms with Gasteiger partial charge in [0.1, 0.15) is 0 Å². The Morgan fingerprint density at radius 3 is 2.93 bits per heavy atom. The predicted octanol–water partition coefficient (Wildman–Crippen LogP) is 1.09. The van der Waals surface area contributed by atoms with Crippen molar-refractivity contribution < 1.29 is 14.8 Å². The molecule has 0 aromatic carbocycles. The van der Waals surface area contributed by atoms with Gasteiger partial charge in [0.25, 0.3) is 0 Å². The molecule has 1 aromatic heterocycles. The standard InChI is InChI=1S/C7H6ClN3O4/c8-5-4-10(3-1-2-6(12)13)9-7(5)11(14)15/h1-2,4H,3H2,(H,12,13)/b2-1+. The Bertz CT molecular complexity index is 426. The van der Waals surface area contributed by atoms with Crippen molar-refractivity contribution in [2.45, 2.75) is 6.54 Å². The number of hydrogen-bond donors (Lipinski definition) is 1. The largest absolute Gasteiger partial charge is 0.478 e. The molecular weight excluding hydrogens is 226 g/mol. The van der Waals surface area contributed by atoms with Crippen molar-refractivity contribution in [3.63, 3.8) is 0 Å². The molecule has 0 atom stereocenters. The van der Waals surface area contributed by atoms with Gasteiger partial charge in [0.05, 0.1) is 17.8 Å². The fraction of sp³-hybridized carbons (Fsp3) is 0.143. The maximum absolute atomic E-state index is 10.4. The first-order chi connectivity index (χ1) is 7.00. The molecular formula is C7H6ClN3O4. The number of nitro groups is 1. The summed E-state index contributed by atoms with van der Waals surface area (Å²) in [4.78, 5) is 19.8. The molecule has 15 heavy (non-hydrogen) atoms. The van der Waals surface area contributed by atoms with Crippen LogP contribution in [0.15, 0.2) is 18.3 Å². The third-order valence-corrected chi connectivity index (χ3v) is 1.69. The number of nitrogens with zero attached hydrogens (tertiary/aromatic N) is 3. The molecule has 0 aliphatic rings. The van der Waals surface area contributed by atoms with E-state index in [1.807, 2.05) is 0 Å². The van der Waals surface area contributed by atoms with E-state index >= 15 is 0 Å². The fourth-order valence-electron chi connectivity index (χ4n) is 0.866. The van der Waals surface area contributed by atoms with Crippen LogP contribution in [0.25, 0.3) is 0 Å². The molecule has 0 fully saturated rings. The zero-order valence-corrected chi connectivity index (χ0v) is 8.09. The van der Waals surface area contributed by atoms with Gasteiger partial charge in [-0.05, 0) is 4.92 Å². The van der Waals surface area contributed by atoms with Crippen LogP contribution in [0.3, 0.4) is 0 Å². The van der Waals surface area contributed by atoms with Crippen LogP contribution >= 0.6 is 11.6 Å². The zero-order valence-electron chi connectivity index (χ0n) is 7.33. The molecule has 1 heterocycles. The number of carboxylic acid groups (broad SMARTS) is 1. The Morgan fingerprint density at radius 2 is 2.47 bits per heavy atom. The lowest BCUT2D eigenvalue weighted by atomic mass is 10.5. The molecule has 0 spiro atoms. The van der Waals surface area contributed by atoms with Crippen LogP contribution in [0, 0.1) is 10.1 Å². The van der Waals surface area contributed by atoms with Gasteiger partial charge >= 0.3 is 11.8 Å². The first-order valence-corrected chi connectivity index (χ1v) is 4.15. The van der Waals surface area contributed by atoms with Gasteiger partial charge in [0.2, 0.25) is 0 Å². The van der Waals surface area contributed by atoms with Crippen LogP contribution < -0.4 is 0 Å². The summed E-state index contributed by atoms with van der Waals surface area (Å²) in [7, 11) is 0. The third-order valence-electron chi connectivity index (χ3n) is 1.42. The van der Waals surface area contributed by atoms with Gasteiger partial charge in [-0.25, -0.2) is 4.79 Å². The number of hydrogen-bond acceptors (Lipinski definition) is 4. The van der Waals surface area contributed by atoms with E-state index in [1.54, 1.807) is 0 Å². The molecule has 1 N–H and O–H groups in total. The van der Waals surface area contributed by atoms with Crippen molar-refractivity contribution >= 4 is 23.4 Å². The number of aromatic nitrogens is 2. The summed E-state index contributed by atoms with van der Waals surface area (Å²) in [6.07, 6.45) is 3.47. The second-order valence-electron chi connectivity index (χ2n) is 2.52. The minimum Gasteiger partial charge on any atom is -0.478 e. The van der Waals surface area contributed by atoms with Gasteiger partial charge in [0, 0.05) is 6.08 Å². The normalized spacial score (nSPS) is 10.7. The first-order valence-electron chi connectivity index (χ1n) is 3.77. The minimum absolute atomic E-state index is 0.0799. The molecule has 8 heteroatoms. The summed E-state index contributed by atoms with van der Waals surface area (Å²) < 4.78 is 1.18. The Morgan fingerprint density at radius 1 is 1.80 bits per heavy atom. The van der Waals surface area contributed by atoms with E-state index in [0.29, 0.717) is 0 Å². The van der Waals surface area contributed by atoms with E-state index in [0.717, 1.165) is 6.08 Å².